The highest BCUT2D eigenvalue weighted by molar-refractivity contribution is 7.92. The number of fused-ring (bicyclic) bond motifs is 1. The van der Waals surface area contributed by atoms with E-state index < -0.39 is 32.5 Å². The standard InChI is InChI=1S/C12H9F2N5O2S/c1-7-5-6-15-11-16-12(17-19(7)11)22(20,21)18-10-8(13)3-2-4-9(10)14/h2-6,18H,1H3. The Hall–Kier alpha value is -2.62. The molecule has 22 heavy (non-hydrogen) atoms. The third-order valence-electron chi connectivity index (χ3n) is 2.85. The number of aryl methyl sites for hydroxylation is 1. The highest BCUT2D eigenvalue weighted by atomic mass is 32.2. The third kappa shape index (κ3) is 2.37. The summed E-state index contributed by atoms with van der Waals surface area (Å²) in [6, 6.07) is 4.61. The van der Waals surface area contributed by atoms with Crippen LogP contribution >= 0.6 is 0 Å². The molecule has 0 fully saturated rings. The first-order chi connectivity index (χ1) is 10.4. The molecule has 0 amide bonds. The number of anilines is 1. The van der Waals surface area contributed by atoms with E-state index in [0.29, 0.717) is 5.69 Å². The fraction of sp³-hybridized carbons (Fsp3) is 0.0833. The summed E-state index contributed by atoms with van der Waals surface area (Å²) in [5.74, 6) is -2.02. The van der Waals surface area contributed by atoms with Crippen LogP contribution in [0.1, 0.15) is 5.69 Å². The van der Waals surface area contributed by atoms with E-state index in [2.05, 4.69) is 15.1 Å². The highest BCUT2D eigenvalue weighted by Crippen LogP contribution is 2.21. The van der Waals surface area contributed by atoms with Crippen LogP contribution in [0.15, 0.2) is 35.6 Å². The van der Waals surface area contributed by atoms with Crippen molar-refractivity contribution in [3.63, 3.8) is 0 Å². The van der Waals surface area contributed by atoms with Gasteiger partial charge in [-0.05, 0) is 25.1 Å². The fourth-order valence-corrected chi connectivity index (χ4v) is 2.72. The quantitative estimate of drug-likeness (QED) is 0.788. The minimum absolute atomic E-state index is 0.0642. The Morgan fingerprint density at radius 2 is 1.86 bits per heavy atom. The normalized spacial score (nSPS) is 11.8. The molecule has 3 rings (SSSR count). The molecule has 1 N–H and O–H groups in total. The molecule has 0 spiro atoms. The number of hydrogen-bond acceptors (Lipinski definition) is 5. The zero-order valence-electron chi connectivity index (χ0n) is 11.2. The van der Waals surface area contributed by atoms with Crippen molar-refractivity contribution < 1.29 is 17.2 Å². The summed E-state index contributed by atoms with van der Waals surface area (Å²) >= 11 is 0. The van der Waals surface area contributed by atoms with Crippen LogP contribution < -0.4 is 4.72 Å². The van der Waals surface area contributed by atoms with E-state index in [1.54, 1.807) is 13.0 Å². The third-order valence-corrected chi connectivity index (χ3v) is 3.98. The molecule has 0 saturated carbocycles. The first-order valence-corrected chi connectivity index (χ1v) is 7.52. The molecule has 3 aromatic rings. The van der Waals surface area contributed by atoms with Crippen molar-refractivity contribution in [3.8, 4) is 0 Å². The lowest BCUT2D eigenvalue weighted by Gasteiger charge is -2.06. The van der Waals surface area contributed by atoms with Crippen molar-refractivity contribution in [2.24, 2.45) is 0 Å². The second-order valence-corrected chi connectivity index (χ2v) is 5.97. The van der Waals surface area contributed by atoms with Crippen molar-refractivity contribution >= 4 is 21.5 Å². The molecule has 0 atom stereocenters. The number of nitrogens with zero attached hydrogens (tertiary/aromatic N) is 4. The molecule has 2 aromatic heterocycles. The summed E-state index contributed by atoms with van der Waals surface area (Å²) in [5, 5.41) is 3.16. The van der Waals surface area contributed by atoms with Gasteiger partial charge in [-0.2, -0.15) is 13.4 Å². The molecule has 0 bridgehead atoms. The van der Waals surface area contributed by atoms with Crippen LogP contribution in [0.4, 0.5) is 14.5 Å². The molecule has 10 heteroatoms. The molecule has 0 aliphatic heterocycles. The first-order valence-electron chi connectivity index (χ1n) is 6.04. The number of rotatable bonds is 3. The number of benzene rings is 1. The summed E-state index contributed by atoms with van der Waals surface area (Å²) in [6.07, 6.45) is 1.44. The molecule has 0 aliphatic rings. The van der Waals surface area contributed by atoms with Crippen molar-refractivity contribution in [1.82, 2.24) is 19.6 Å². The van der Waals surface area contributed by atoms with Gasteiger partial charge < -0.3 is 0 Å². The van der Waals surface area contributed by atoms with E-state index in [9.17, 15) is 17.2 Å². The number of nitrogens with one attached hydrogen (secondary N) is 1. The van der Waals surface area contributed by atoms with Crippen molar-refractivity contribution in [3.05, 3.63) is 47.8 Å². The number of hydrogen-bond donors (Lipinski definition) is 1. The molecular weight excluding hydrogens is 316 g/mol. The number of sulfonamides is 1. The minimum atomic E-state index is -4.35. The van der Waals surface area contributed by atoms with Gasteiger partial charge in [-0.25, -0.2) is 18.3 Å². The van der Waals surface area contributed by atoms with E-state index in [1.165, 1.54) is 10.7 Å². The average molecular weight is 325 g/mol. The molecule has 1 aromatic carbocycles. The predicted octanol–water partition coefficient (Wildman–Crippen LogP) is 1.51. The Kier molecular flexibility index (Phi) is 3.24. The molecule has 114 valence electrons. The van der Waals surface area contributed by atoms with Crippen LogP contribution in [-0.2, 0) is 10.0 Å². The monoisotopic (exact) mass is 325 g/mol. The molecule has 0 aliphatic carbocycles. The van der Waals surface area contributed by atoms with Gasteiger partial charge in [0.2, 0.25) is 0 Å². The number of aromatic nitrogens is 4. The highest BCUT2D eigenvalue weighted by Gasteiger charge is 2.24. The summed E-state index contributed by atoms with van der Waals surface area (Å²) in [5.41, 5.74) is -0.179. The Morgan fingerprint density at radius 3 is 2.50 bits per heavy atom. The first kappa shape index (κ1) is 14.3. The summed E-state index contributed by atoms with van der Waals surface area (Å²) in [6.45, 7) is 1.68. The Morgan fingerprint density at radius 1 is 1.18 bits per heavy atom. The van der Waals surface area contributed by atoms with Crippen LogP contribution in [0.3, 0.4) is 0 Å². The SMILES string of the molecule is Cc1ccnc2nc(S(=O)(=O)Nc3c(F)cccc3F)nn12. The lowest BCUT2D eigenvalue weighted by Crippen LogP contribution is -2.16. The molecule has 0 saturated heterocycles. The predicted molar refractivity (Wildman–Crippen MR) is 72.7 cm³/mol. The van der Waals surface area contributed by atoms with Gasteiger partial charge in [0.25, 0.3) is 21.0 Å². The maximum atomic E-state index is 13.5. The Bertz CT molecular complexity index is 951. The van der Waals surface area contributed by atoms with E-state index in [0.717, 1.165) is 18.2 Å². The average Bonchev–Trinajstić information content (AvgIpc) is 2.90. The van der Waals surface area contributed by atoms with E-state index in [1.807, 2.05) is 4.72 Å². The van der Waals surface area contributed by atoms with Gasteiger partial charge in [0.1, 0.15) is 17.3 Å². The Balaban J connectivity index is 2.07. The summed E-state index contributed by atoms with van der Waals surface area (Å²) in [4.78, 5) is 7.61. The Labute approximate surface area is 123 Å². The van der Waals surface area contributed by atoms with Gasteiger partial charge in [0.05, 0.1) is 0 Å². The van der Waals surface area contributed by atoms with E-state index in [4.69, 9.17) is 0 Å². The van der Waals surface area contributed by atoms with Gasteiger partial charge >= 0.3 is 0 Å². The zero-order valence-corrected chi connectivity index (χ0v) is 12.0. The van der Waals surface area contributed by atoms with Crippen molar-refractivity contribution in [2.45, 2.75) is 12.1 Å². The van der Waals surface area contributed by atoms with Crippen LogP contribution in [-0.4, -0.2) is 28.0 Å². The summed E-state index contributed by atoms with van der Waals surface area (Å²) < 4.78 is 54.5. The second-order valence-electron chi connectivity index (χ2n) is 4.39. The molecule has 0 radical (unpaired) electrons. The number of para-hydroxylation sites is 1. The molecule has 7 nitrogen and oxygen atoms in total. The number of halogens is 2. The van der Waals surface area contributed by atoms with Crippen LogP contribution in [0.5, 0.6) is 0 Å². The zero-order chi connectivity index (χ0) is 15.9. The minimum Gasteiger partial charge on any atom is -0.271 e. The van der Waals surface area contributed by atoms with Crippen LogP contribution in [0.25, 0.3) is 5.78 Å². The maximum Gasteiger partial charge on any atom is 0.299 e. The van der Waals surface area contributed by atoms with Crippen LogP contribution in [0.2, 0.25) is 0 Å². The topological polar surface area (TPSA) is 89.2 Å². The smallest absolute Gasteiger partial charge is 0.271 e. The molecule has 2 heterocycles. The largest absolute Gasteiger partial charge is 0.299 e. The van der Waals surface area contributed by atoms with Gasteiger partial charge in [-0.15, -0.1) is 5.10 Å². The fourth-order valence-electron chi connectivity index (χ4n) is 1.78. The van der Waals surface area contributed by atoms with E-state index in [-0.39, 0.29) is 5.78 Å². The lowest BCUT2D eigenvalue weighted by molar-refractivity contribution is 0.579. The van der Waals surface area contributed by atoms with Gasteiger partial charge in [-0.1, -0.05) is 6.07 Å². The van der Waals surface area contributed by atoms with E-state index >= 15 is 0 Å². The molecular formula is C12H9F2N5O2S. The van der Waals surface area contributed by atoms with Gasteiger partial charge in [0.15, 0.2) is 0 Å². The van der Waals surface area contributed by atoms with Crippen LogP contribution in [0, 0.1) is 18.6 Å². The lowest BCUT2D eigenvalue weighted by atomic mass is 10.3. The molecule has 0 unspecified atom stereocenters. The van der Waals surface area contributed by atoms with Crippen molar-refractivity contribution in [1.29, 1.82) is 0 Å². The summed E-state index contributed by atoms with van der Waals surface area (Å²) in [7, 11) is -4.35. The second kappa shape index (κ2) is 4.98. The maximum absolute atomic E-state index is 13.5. The van der Waals surface area contributed by atoms with Crippen molar-refractivity contribution in [2.75, 3.05) is 4.72 Å². The van der Waals surface area contributed by atoms with Gasteiger partial charge in [0, 0.05) is 11.9 Å². The van der Waals surface area contributed by atoms with Gasteiger partial charge in [-0.3, -0.25) is 4.72 Å².